The van der Waals surface area contributed by atoms with Gasteiger partial charge in [-0.25, -0.2) is 0 Å². The Bertz CT molecular complexity index is 2960. The first-order valence-corrected chi connectivity index (χ1v) is 18.6. The summed E-state index contributed by atoms with van der Waals surface area (Å²) in [4.78, 5) is 2.45. The van der Waals surface area contributed by atoms with Gasteiger partial charge in [0.25, 0.3) is 0 Å². The van der Waals surface area contributed by atoms with Gasteiger partial charge in [0, 0.05) is 44.2 Å². The molecule has 3 heteroatoms. The summed E-state index contributed by atoms with van der Waals surface area (Å²) >= 11 is 0. The van der Waals surface area contributed by atoms with Gasteiger partial charge in [0.15, 0.2) is 0 Å². The lowest BCUT2D eigenvalue weighted by atomic mass is 9.96. The molecule has 0 atom stereocenters. The Labute approximate surface area is 315 Å². The van der Waals surface area contributed by atoms with E-state index in [1.165, 1.54) is 55.3 Å². The quantitative estimate of drug-likeness (QED) is 0.173. The molecule has 0 aliphatic heterocycles. The molecule has 0 saturated heterocycles. The van der Waals surface area contributed by atoms with Gasteiger partial charge in [-0.2, -0.15) is 0 Å². The van der Waals surface area contributed by atoms with E-state index in [9.17, 15) is 0 Å². The molecule has 0 fully saturated rings. The second-order valence-corrected chi connectivity index (χ2v) is 14.3. The van der Waals surface area contributed by atoms with Gasteiger partial charge in [0.2, 0.25) is 0 Å². The average molecular weight is 695 g/mol. The maximum atomic E-state index is 6.77. The fraction of sp³-hybridized carbons (Fsp3) is 0.0588. The number of para-hydroxylation sites is 4. The summed E-state index contributed by atoms with van der Waals surface area (Å²) in [6.07, 6.45) is 0. The number of aromatic nitrogens is 1. The fourth-order valence-corrected chi connectivity index (χ4v) is 8.48. The zero-order valence-corrected chi connectivity index (χ0v) is 30.5. The van der Waals surface area contributed by atoms with E-state index in [4.69, 9.17) is 4.42 Å². The standard InChI is InChI=1S/C51H38N2O/c1-33-16-7-11-24-46(33)53(50-34(2)28-38(29-35(50)3)36-17-5-4-6-18-36)40-31-44(51-45(32-40)43-23-10-14-27-49(43)54-51)37-19-15-20-39(30-37)52-47-25-12-8-21-41(47)42-22-9-13-26-48(42)52/h4-32H,1-3H3. The molecule has 258 valence electrons. The Hall–Kier alpha value is -6.84. The molecule has 2 aromatic heterocycles. The van der Waals surface area contributed by atoms with Crippen molar-refractivity contribution in [2.45, 2.75) is 20.8 Å². The lowest BCUT2D eigenvalue weighted by Crippen LogP contribution is -2.14. The second-order valence-electron chi connectivity index (χ2n) is 14.3. The molecule has 54 heavy (non-hydrogen) atoms. The van der Waals surface area contributed by atoms with E-state index < -0.39 is 0 Å². The topological polar surface area (TPSA) is 21.3 Å². The van der Waals surface area contributed by atoms with E-state index in [-0.39, 0.29) is 0 Å². The second kappa shape index (κ2) is 12.7. The molecular weight excluding hydrogens is 657 g/mol. The number of furan rings is 1. The van der Waals surface area contributed by atoms with Crippen LogP contribution in [0.3, 0.4) is 0 Å². The van der Waals surface area contributed by atoms with Gasteiger partial charge >= 0.3 is 0 Å². The number of rotatable bonds is 6. The molecule has 0 aliphatic carbocycles. The fourth-order valence-electron chi connectivity index (χ4n) is 8.48. The molecule has 0 bridgehead atoms. The zero-order chi connectivity index (χ0) is 36.3. The van der Waals surface area contributed by atoms with Crippen molar-refractivity contribution in [3.8, 4) is 27.9 Å². The highest BCUT2D eigenvalue weighted by Crippen LogP contribution is 2.46. The summed E-state index contributed by atoms with van der Waals surface area (Å²) in [5, 5.41) is 4.69. The minimum absolute atomic E-state index is 0.881. The van der Waals surface area contributed by atoms with Gasteiger partial charge in [0.05, 0.1) is 16.7 Å². The normalized spacial score (nSPS) is 11.6. The molecular formula is C51H38N2O. The third-order valence-corrected chi connectivity index (χ3v) is 10.9. The molecule has 0 amide bonds. The maximum Gasteiger partial charge on any atom is 0.143 e. The molecule has 0 aliphatic rings. The van der Waals surface area contributed by atoms with E-state index in [0.717, 1.165) is 50.1 Å². The number of benzene rings is 8. The molecule has 10 rings (SSSR count). The zero-order valence-electron chi connectivity index (χ0n) is 30.5. The number of hydrogen-bond acceptors (Lipinski definition) is 2. The van der Waals surface area contributed by atoms with Crippen molar-refractivity contribution in [2.24, 2.45) is 0 Å². The van der Waals surface area contributed by atoms with Crippen molar-refractivity contribution in [2.75, 3.05) is 4.90 Å². The molecule has 0 N–H and O–H groups in total. The van der Waals surface area contributed by atoms with Gasteiger partial charge in [-0.05, 0) is 115 Å². The van der Waals surface area contributed by atoms with E-state index in [1.807, 2.05) is 0 Å². The van der Waals surface area contributed by atoms with Crippen molar-refractivity contribution >= 4 is 60.8 Å². The minimum atomic E-state index is 0.881. The molecule has 0 spiro atoms. The minimum Gasteiger partial charge on any atom is -0.455 e. The Morgan fingerprint density at radius 3 is 1.78 bits per heavy atom. The molecule has 10 aromatic rings. The Morgan fingerprint density at radius 2 is 1.06 bits per heavy atom. The lowest BCUT2D eigenvalue weighted by molar-refractivity contribution is 0.670. The largest absolute Gasteiger partial charge is 0.455 e. The van der Waals surface area contributed by atoms with Crippen LogP contribution in [0.25, 0.3) is 71.7 Å². The molecule has 0 unspecified atom stereocenters. The molecule has 0 saturated carbocycles. The summed E-state index contributed by atoms with van der Waals surface area (Å²) in [5.74, 6) is 0. The first-order valence-electron chi connectivity index (χ1n) is 18.6. The Morgan fingerprint density at radius 1 is 0.444 bits per heavy atom. The van der Waals surface area contributed by atoms with Crippen molar-refractivity contribution in [3.63, 3.8) is 0 Å². The van der Waals surface area contributed by atoms with Crippen LogP contribution in [0.15, 0.2) is 180 Å². The average Bonchev–Trinajstić information content (AvgIpc) is 3.76. The van der Waals surface area contributed by atoms with Gasteiger partial charge in [0.1, 0.15) is 11.2 Å². The number of hydrogen-bond donors (Lipinski definition) is 0. The lowest BCUT2D eigenvalue weighted by Gasteiger charge is -2.31. The third-order valence-electron chi connectivity index (χ3n) is 10.9. The number of nitrogens with zero attached hydrogens (tertiary/aromatic N) is 2. The summed E-state index contributed by atoms with van der Waals surface area (Å²) in [7, 11) is 0. The van der Waals surface area contributed by atoms with E-state index in [1.54, 1.807) is 0 Å². The predicted molar refractivity (Wildman–Crippen MR) is 228 cm³/mol. The molecule has 8 aromatic carbocycles. The number of anilines is 3. The van der Waals surface area contributed by atoms with Gasteiger partial charge in [-0.1, -0.05) is 115 Å². The van der Waals surface area contributed by atoms with Crippen LogP contribution in [-0.2, 0) is 0 Å². The summed E-state index contributed by atoms with van der Waals surface area (Å²) in [5.41, 5.74) is 16.9. The van der Waals surface area contributed by atoms with Gasteiger partial charge < -0.3 is 13.9 Å². The van der Waals surface area contributed by atoms with Crippen molar-refractivity contribution in [1.29, 1.82) is 0 Å². The SMILES string of the molecule is Cc1ccccc1N(c1cc(-c2cccc(-n3c4ccccc4c4ccccc43)c2)c2oc3ccccc3c2c1)c1c(C)cc(-c2ccccc2)cc1C. The Kier molecular flexibility index (Phi) is 7.48. The van der Waals surface area contributed by atoms with Crippen LogP contribution in [-0.4, -0.2) is 4.57 Å². The summed E-state index contributed by atoms with van der Waals surface area (Å²) < 4.78 is 9.15. The highest BCUT2D eigenvalue weighted by atomic mass is 16.3. The summed E-state index contributed by atoms with van der Waals surface area (Å²) in [6, 6.07) is 63.3. The number of fused-ring (bicyclic) bond motifs is 6. The highest BCUT2D eigenvalue weighted by molar-refractivity contribution is 6.12. The first-order chi connectivity index (χ1) is 26.5. The van der Waals surface area contributed by atoms with Crippen molar-refractivity contribution in [3.05, 3.63) is 193 Å². The number of aryl methyl sites for hydroxylation is 3. The molecule has 3 nitrogen and oxygen atoms in total. The molecule has 0 radical (unpaired) electrons. The van der Waals surface area contributed by atoms with Crippen LogP contribution >= 0.6 is 0 Å². The molecule has 2 heterocycles. The smallest absolute Gasteiger partial charge is 0.143 e. The van der Waals surface area contributed by atoms with Crippen LogP contribution < -0.4 is 4.90 Å². The van der Waals surface area contributed by atoms with Crippen LogP contribution in [0.2, 0.25) is 0 Å². The Balaban J connectivity index is 1.24. The predicted octanol–water partition coefficient (Wildman–Crippen LogP) is 14.4. The van der Waals surface area contributed by atoms with E-state index >= 15 is 0 Å². The highest BCUT2D eigenvalue weighted by Gasteiger charge is 2.23. The monoisotopic (exact) mass is 694 g/mol. The van der Waals surface area contributed by atoms with Crippen LogP contribution in [0.5, 0.6) is 0 Å². The summed E-state index contributed by atoms with van der Waals surface area (Å²) in [6.45, 7) is 6.68. The van der Waals surface area contributed by atoms with Gasteiger partial charge in [-0.15, -0.1) is 0 Å². The van der Waals surface area contributed by atoms with E-state index in [0.29, 0.717) is 0 Å². The van der Waals surface area contributed by atoms with Crippen LogP contribution in [0, 0.1) is 20.8 Å². The van der Waals surface area contributed by atoms with Gasteiger partial charge in [-0.3, -0.25) is 0 Å². The third kappa shape index (κ3) is 5.12. The van der Waals surface area contributed by atoms with Crippen molar-refractivity contribution in [1.82, 2.24) is 4.57 Å². The first kappa shape index (κ1) is 31.9. The van der Waals surface area contributed by atoms with E-state index in [2.05, 4.69) is 206 Å². The maximum absolute atomic E-state index is 6.77. The van der Waals surface area contributed by atoms with Crippen LogP contribution in [0.4, 0.5) is 17.1 Å². The van der Waals surface area contributed by atoms with Crippen molar-refractivity contribution < 1.29 is 4.42 Å². The van der Waals surface area contributed by atoms with Crippen LogP contribution in [0.1, 0.15) is 16.7 Å².